The van der Waals surface area contributed by atoms with Gasteiger partial charge in [0, 0.05) is 24.7 Å². The number of likely N-dealkylation sites (tertiary alicyclic amines) is 1. The molecule has 1 saturated heterocycles. The highest BCUT2D eigenvalue weighted by atomic mass is 16.3. The normalized spacial score (nSPS) is 15.8. The van der Waals surface area contributed by atoms with Gasteiger partial charge in [-0.25, -0.2) is 0 Å². The van der Waals surface area contributed by atoms with Gasteiger partial charge >= 0.3 is 0 Å². The molecule has 3 heterocycles. The standard InChI is InChI=1S/C16H20N4O2/c1-11-7-10-22-15(11)16(21)20-8-5-13(6-9-20)17-14-4-3-12(2)18-19-14/h3-4,7,10,13H,5-6,8-9H2,1-2H3,(H,17,19). The predicted molar refractivity (Wildman–Crippen MR) is 82.8 cm³/mol. The summed E-state index contributed by atoms with van der Waals surface area (Å²) in [5.41, 5.74) is 1.79. The Morgan fingerprint density at radius 3 is 2.59 bits per heavy atom. The third-order valence-corrected chi connectivity index (χ3v) is 3.99. The van der Waals surface area contributed by atoms with Crippen LogP contribution >= 0.6 is 0 Å². The van der Waals surface area contributed by atoms with Gasteiger partial charge in [-0.15, -0.1) is 5.10 Å². The topological polar surface area (TPSA) is 71.3 Å². The van der Waals surface area contributed by atoms with Crippen molar-refractivity contribution in [3.05, 3.63) is 41.5 Å². The molecule has 2 aromatic rings. The average molecular weight is 300 g/mol. The van der Waals surface area contributed by atoms with Crippen LogP contribution in [0.4, 0.5) is 5.82 Å². The maximum absolute atomic E-state index is 12.4. The Labute approximate surface area is 129 Å². The van der Waals surface area contributed by atoms with Gasteiger partial charge in [0.2, 0.25) is 0 Å². The first-order valence-electron chi connectivity index (χ1n) is 7.54. The molecule has 0 radical (unpaired) electrons. The molecule has 0 saturated carbocycles. The Morgan fingerprint density at radius 1 is 1.23 bits per heavy atom. The fourth-order valence-electron chi connectivity index (χ4n) is 2.65. The van der Waals surface area contributed by atoms with Crippen LogP contribution < -0.4 is 5.32 Å². The predicted octanol–water partition coefficient (Wildman–Crippen LogP) is 2.40. The van der Waals surface area contributed by atoms with Crippen molar-refractivity contribution in [2.45, 2.75) is 32.7 Å². The molecule has 6 heteroatoms. The van der Waals surface area contributed by atoms with Gasteiger partial charge < -0.3 is 14.6 Å². The second-order valence-electron chi connectivity index (χ2n) is 5.70. The molecule has 22 heavy (non-hydrogen) atoms. The molecule has 1 amide bonds. The molecule has 0 bridgehead atoms. The monoisotopic (exact) mass is 300 g/mol. The fraction of sp³-hybridized carbons (Fsp3) is 0.438. The number of furan rings is 1. The maximum Gasteiger partial charge on any atom is 0.289 e. The summed E-state index contributed by atoms with van der Waals surface area (Å²) in [4.78, 5) is 14.2. The SMILES string of the molecule is Cc1ccc(NC2CCN(C(=O)c3occc3C)CC2)nn1. The van der Waals surface area contributed by atoms with Crippen molar-refractivity contribution >= 4 is 11.7 Å². The Hall–Kier alpha value is -2.37. The Bertz CT molecular complexity index is 642. The van der Waals surface area contributed by atoms with Crippen molar-refractivity contribution in [2.24, 2.45) is 0 Å². The minimum atomic E-state index is -0.0175. The largest absolute Gasteiger partial charge is 0.459 e. The van der Waals surface area contributed by atoms with Crippen molar-refractivity contribution in [1.82, 2.24) is 15.1 Å². The molecule has 3 rings (SSSR count). The maximum atomic E-state index is 12.4. The number of anilines is 1. The van der Waals surface area contributed by atoms with Gasteiger partial charge in [0.05, 0.1) is 12.0 Å². The lowest BCUT2D eigenvalue weighted by Gasteiger charge is -2.32. The molecule has 0 aliphatic carbocycles. The highest BCUT2D eigenvalue weighted by Crippen LogP contribution is 2.19. The molecule has 116 valence electrons. The van der Waals surface area contributed by atoms with Crippen molar-refractivity contribution in [2.75, 3.05) is 18.4 Å². The van der Waals surface area contributed by atoms with Crippen LogP contribution in [0, 0.1) is 13.8 Å². The van der Waals surface area contributed by atoms with Crippen LogP contribution in [0.1, 0.15) is 34.7 Å². The van der Waals surface area contributed by atoms with Gasteiger partial charge in [-0.2, -0.15) is 5.10 Å². The van der Waals surface area contributed by atoms with Crippen molar-refractivity contribution in [3.8, 4) is 0 Å². The van der Waals surface area contributed by atoms with Crippen LogP contribution in [0.2, 0.25) is 0 Å². The summed E-state index contributed by atoms with van der Waals surface area (Å²) in [7, 11) is 0. The summed E-state index contributed by atoms with van der Waals surface area (Å²) in [5, 5.41) is 11.5. The first-order valence-corrected chi connectivity index (χ1v) is 7.54. The van der Waals surface area contributed by atoms with E-state index in [1.165, 1.54) is 0 Å². The summed E-state index contributed by atoms with van der Waals surface area (Å²) in [6.45, 7) is 5.24. The molecule has 1 aliphatic rings. The van der Waals surface area contributed by atoms with E-state index in [0.717, 1.165) is 43.0 Å². The van der Waals surface area contributed by atoms with Crippen molar-refractivity contribution in [1.29, 1.82) is 0 Å². The Morgan fingerprint density at radius 2 is 2.00 bits per heavy atom. The zero-order valence-corrected chi connectivity index (χ0v) is 12.9. The summed E-state index contributed by atoms with van der Waals surface area (Å²) >= 11 is 0. The van der Waals surface area contributed by atoms with Crippen LogP contribution in [-0.2, 0) is 0 Å². The van der Waals surface area contributed by atoms with Crippen molar-refractivity contribution in [3.63, 3.8) is 0 Å². The number of nitrogens with zero attached hydrogens (tertiary/aromatic N) is 3. The highest BCUT2D eigenvalue weighted by molar-refractivity contribution is 5.92. The number of hydrogen-bond donors (Lipinski definition) is 1. The Balaban J connectivity index is 1.55. The number of nitrogens with one attached hydrogen (secondary N) is 1. The number of piperidine rings is 1. The molecule has 2 aromatic heterocycles. The molecular formula is C16H20N4O2. The van der Waals surface area contributed by atoms with Gasteiger partial charge in [-0.3, -0.25) is 4.79 Å². The van der Waals surface area contributed by atoms with Gasteiger partial charge in [0.25, 0.3) is 5.91 Å². The molecule has 0 unspecified atom stereocenters. The van der Waals surface area contributed by atoms with E-state index in [2.05, 4.69) is 15.5 Å². The zero-order valence-electron chi connectivity index (χ0n) is 12.9. The molecular weight excluding hydrogens is 280 g/mol. The zero-order chi connectivity index (χ0) is 15.5. The number of aryl methyl sites for hydroxylation is 2. The molecule has 0 atom stereocenters. The summed E-state index contributed by atoms with van der Waals surface area (Å²) in [6, 6.07) is 6.01. The summed E-state index contributed by atoms with van der Waals surface area (Å²) < 4.78 is 5.29. The molecule has 0 spiro atoms. The van der Waals surface area contributed by atoms with Gasteiger partial charge in [0.15, 0.2) is 5.76 Å². The minimum Gasteiger partial charge on any atom is -0.459 e. The lowest BCUT2D eigenvalue weighted by atomic mass is 10.0. The number of aromatic nitrogens is 2. The molecule has 1 N–H and O–H groups in total. The minimum absolute atomic E-state index is 0.0175. The summed E-state index contributed by atoms with van der Waals surface area (Å²) in [6.07, 6.45) is 3.34. The van der Waals surface area contributed by atoms with E-state index in [9.17, 15) is 4.79 Å². The van der Waals surface area contributed by atoms with Gasteiger partial charge in [0.1, 0.15) is 5.82 Å². The Kier molecular flexibility index (Phi) is 4.09. The summed E-state index contributed by atoms with van der Waals surface area (Å²) in [5.74, 6) is 1.23. The van der Waals surface area contributed by atoms with Crippen LogP contribution in [0.5, 0.6) is 0 Å². The quantitative estimate of drug-likeness (QED) is 0.942. The number of hydrogen-bond acceptors (Lipinski definition) is 5. The number of carbonyl (C=O) groups excluding carboxylic acids is 1. The van der Waals surface area contributed by atoms with E-state index in [4.69, 9.17) is 4.42 Å². The lowest BCUT2D eigenvalue weighted by Crippen LogP contribution is -2.42. The van der Waals surface area contributed by atoms with Crippen molar-refractivity contribution < 1.29 is 9.21 Å². The molecule has 1 aliphatic heterocycles. The number of carbonyl (C=O) groups is 1. The first-order chi connectivity index (χ1) is 10.6. The van der Waals surface area contributed by atoms with E-state index in [1.54, 1.807) is 6.26 Å². The van der Waals surface area contributed by atoms with Crippen LogP contribution in [0.15, 0.2) is 28.9 Å². The van der Waals surface area contributed by atoms with Gasteiger partial charge in [-0.05, 0) is 44.9 Å². The van der Waals surface area contributed by atoms with Gasteiger partial charge in [-0.1, -0.05) is 0 Å². The average Bonchev–Trinajstić information content (AvgIpc) is 2.96. The second kappa shape index (κ2) is 6.17. The molecule has 6 nitrogen and oxygen atoms in total. The number of rotatable bonds is 3. The number of amides is 1. The van der Waals surface area contributed by atoms with Crippen LogP contribution in [0.25, 0.3) is 0 Å². The lowest BCUT2D eigenvalue weighted by molar-refractivity contribution is 0.0685. The van der Waals surface area contributed by atoms with E-state index >= 15 is 0 Å². The van der Waals surface area contributed by atoms with E-state index in [1.807, 2.05) is 36.9 Å². The first kappa shape index (κ1) is 14.6. The fourth-order valence-corrected chi connectivity index (χ4v) is 2.65. The smallest absolute Gasteiger partial charge is 0.289 e. The van der Waals surface area contributed by atoms with Crippen LogP contribution in [0.3, 0.4) is 0 Å². The highest BCUT2D eigenvalue weighted by Gasteiger charge is 2.26. The molecule has 1 fully saturated rings. The van der Waals surface area contributed by atoms with Crippen LogP contribution in [-0.4, -0.2) is 40.1 Å². The van der Waals surface area contributed by atoms with E-state index in [0.29, 0.717) is 11.8 Å². The van der Waals surface area contributed by atoms with E-state index < -0.39 is 0 Å². The third-order valence-electron chi connectivity index (χ3n) is 3.99. The second-order valence-corrected chi connectivity index (χ2v) is 5.70. The van der Waals surface area contributed by atoms with E-state index in [-0.39, 0.29) is 5.91 Å². The molecule has 0 aromatic carbocycles. The third kappa shape index (κ3) is 3.10.